The lowest BCUT2D eigenvalue weighted by Gasteiger charge is -2.11. The summed E-state index contributed by atoms with van der Waals surface area (Å²) in [7, 11) is 1.24. The molecule has 1 aromatic rings. The number of amides is 2. The van der Waals surface area contributed by atoms with Crippen LogP contribution < -0.4 is 16.0 Å². The minimum Gasteiger partial charge on any atom is -0.468 e. The highest BCUT2D eigenvalue weighted by atomic mass is 16.6. The molecule has 16 heteroatoms. The van der Waals surface area contributed by atoms with Crippen molar-refractivity contribution in [2.24, 2.45) is 5.92 Å². The molecule has 0 bridgehead atoms. The van der Waals surface area contributed by atoms with Crippen molar-refractivity contribution in [2.75, 3.05) is 71.7 Å². The number of hydrogen-bond donors (Lipinski definition) is 3. The van der Waals surface area contributed by atoms with Crippen LogP contribution in [0.3, 0.4) is 0 Å². The summed E-state index contributed by atoms with van der Waals surface area (Å²) in [5, 5.41) is 30.0. The number of nitro benzene ring substituents is 2. The van der Waals surface area contributed by atoms with E-state index in [0.29, 0.717) is 72.0 Å². The molecule has 0 aliphatic heterocycles. The number of methoxy groups -OCH3 is 1. The van der Waals surface area contributed by atoms with Crippen molar-refractivity contribution >= 4 is 34.8 Å². The Morgan fingerprint density at radius 2 is 1.49 bits per heavy atom. The Labute approximate surface area is 237 Å². The first-order chi connectivity index (χ1) is 19.6. The maximum atomic E-state index is 11.9. The Balaban J connectivity index is 1.95. The fraction of sp³-hybridized carbons (Fsp3) is 0.640. The molecule has 0 aromatic heterocycles. The molecular weight excluding hydrogens is 546 g/mol. The van der Waals surface area contributed by atoms with Gasteiger partial charge in [0.2, 0.25) is 11.8 Å². The first kappa shape index (κ1) is 35.1. The number of hydrogen-bond acceptors (Lipinski definition) is 12. The van der Waals surface area contributed by atoms with Gasteiger partial charge in [-0.3, -0.25) is 34.6 Å². The van der Waals surface area contributed by atoms with Crippen molar-refractivity contribution in [1.29, 1.82) is 0 Å². The van der Waals surface area contributed by atoms with Crippen LogP contribution in [0.5, 0.6) is 0 Å². The average Bonchev–Trinajstić information content (AvgIpc) is 2.96. The van der Waals surface area contributed by atoms with Gasteiger partial charge in [-0.25, -0.2) is 0 Å². The normalized spacial score (nSPS) is 11.4. The van der Waals surface area contributed by atoms with Gasteiger partial charge in [-0.15, -0.1) is 0 Å². The van der Waals surface area contributed by atoms with Crippen LogP contribution in [0.15, 0.2) is 18.2 Å². The summed E-state index contributed by atoms with van der Waals surface area (Å²) < 4.78 is 20.8. The largest absolute Gasteiger partial charge is 0.468 e. The summed E-state index contributed by atoms with van der Waals surface area (Å²) >= 11 is 0. The van der Waals surface area contributed by atoms with Gasteiger partial charge in [-0.05, 0) is 25.3 Å². The Bertz CT molecular complexity index is 993. The number of rotatable bonds is 23. The summed E-state index contributed by atoms with van der Waals surface area (Å²) in [6.45, 7) is 4.70. The molecule has 1 aromatic carbocycles. The van der Waals surface area contributed by atoms with Crippen molar-refractivity contribution in [2.45, 2.75) is 32.6 Å². The second kappa shape index (κ2) is 20.9. The van der Waals surface area contributed by atoms with Crippen LogP contribution in [0.2, 0.25) is 0 Å². The van der Waals surface area contributed by atoms with E-state index in [9.17, 15) is 34.6 Å². The fourth-order valence-corrected chi connectivity index (χ4v) is 3.25. The molecule has 3 N–H and O–H groups in total. The molecule has 0 aliphatic rings. The molecule has 0 saturated heterocycles. The zero-order valence-electron chi connectivity index (χ0n) is 23.4. The van der Waals surface area contributed by atoms with E-state index < -0.39 is 21.7 Å². The molecule has 41 heavy (non-hydrogen) atoms. The predicted octanol–water partition coefficient (Wildman–Crippen LogP) is 1.57. The fourth-order valence-electron chi connectivity index (χ4n) is 3.25. The van der Waals surface area contributed by atoms with Crippen LogP contribution in [0.1, 0.15) is 32.6 Å². The third-order valence-electron chi connectivity index (χ3n) is 5.59. The van der Waals surface area contributed by atoms with Crippen LogP contribution in [0, 0.1) is 26.1 Å². The van der Waals surface area contributed by atoms with Crippen LogP contribution in [0.25, 0.3) is 0 Å². The van der Waals surface area contributed by atoms with E-state index in [-0.39, 0.29) is 41.8 Å². The van der Waals surface area contributed by atoms with Crippen molar-refractivity contribution in [3.05, 3.63) is 38.4 Å². The summed E-state index contributed by atoms with van der Waals surface area (Å²) in [6, 6.07) is 3.44. The second-order valence-electron chi connectivity index (χ2n) is 8.77. The standard InChI is InChI=1S/C25H39N5O11/c1-19(25(33)28-18-24(32)38-2)5-8-23(31)27-10-4-12-40-14-16-41-15-13-39-11-3-9-26-21-7-6-20(29(34)35)17-22(21)30(36)37/h6-7,17,19,26H,3-5,8-16,18H2,1-2H3,(H,27,31)(H,28,33)/t19-/m0/s1. The van der Waals surface area contributed by atoms with Gasteiger partial charge >= 0.3 is 5.97 Å². The maximum Gasteiger partial charge on any atom is 0.325 e. The molecule has 0 aliphatic carbocycles. The predicted molar refractivity (Wildman–Crippen MR) is 146 cm³/mol. The highest BCUT2D eigenvalue weighted by Crippen LogP contribution is 2.28. The Hall–Kier alpha value is -3.89. The quantitative estimate of drug-likeness (QED) is 0.0723. The third kappa shape index (κ3) is 16.1. The smallest absolute Gasteiger partial charge is 0.325 e. The first-order valence-electron chi connectivity index (χ1n) is 13.2. The molecule has 0 fully saturated rings. The number of nitrogens with one attached hydrogen (secondary N) is 3. The van der Waals surface area contributed by atoms with Crippen molar-refractivity contribution in [3.63, 3.8) is 0 Å². The Kier molecular flexibility index (Phi) is 17.9. The van der Waals surface area contributed by atoms with Gasteiger partial charge in [-0.2, -0.15) is 0 Å². The van der Waals surface area contributed by atoms with E-state index in [1.807, 2.05) is 0 Å². The first-order valence-corrected chi connectivity index (χ1v) is 13.2. The van der Waals surface area contributed by atoms with E-state index in [1.165, 1.54) is 19.2 Å². The molecule has 0 unspecified atom stereocenters. The highest BCUT2D eigenvalue weighted by molar-refractivity contribution is 5.84. The van der Waals surface area contributed by atoms with Crippen molar-refractivity contribution in [3.8, 4) is 0 Å². The van der Waals surface area contributed by atoms with Gasteiger partial charge in [0.1, 0.15) is 12.2 Å². The second-order valence-corrected chi connectivity index (χ2v) is 8.77. The van der Waals surface area contributed by atoms with Gasteiger partial charge in [0.05, 0.1) is 49.5 Å². The van der Waals surface area contributed by atoms with Crippen LogP contribution in [0.4, 0.5) is 17.1 Å². The minimum absolute atomic E-state index is 0.163. The lowest BCUT2D eigenvalue weighted by atomic mass is 10.0. The number of ether oxygens (including phenoxy) is 4. The Morgan fingerprint density at radius 1 is 0.878 bits per heavy atom. The molecule has 0 heterocycles. The van der Waals surface area contributed by atoms with Gasteiger partial charge in [0, 0.05) is 44.7 Å². The van der Waals surface area contributed by atoms with Gasteiger partial charge in [-0.1, -0.05) is 6.92 Å². The highest BCUT2D eigenvalue weighted by Gasteiger charge is 2.19. The lowest BCUT2D eigenvalue weighted by molar-refractivity contribution is -0.393. The zero-order chi connectivity index (χ0) is 30.5. The Morgan fingerprint density at radius 3 is 2.07 bits per heavy atom. The number of nitro groups is 2. The number of esters is 1. The number of non-ortho nitro benzene ring substituents is 1. The van der Waals surface area contributed by atoms with E-state index >= 15 is 0 Å². The third-order valence-corrected chi connectivity index (χ3v) is 5.59. The van der Waals surface area contributed by atoms with E-state index in [4.69, 9.17) is 14.2 Å². The van der Waals surface area contributed by atoms with E-state index in [1.54, 1.807) is 6.92 Å². The number of carbonyl (C=O) groups excluding carboxylic acids is 3. The summed E-state index contributed by atoms with van der Waals surface area (Å²) in [5.74, 6) is -1.42. The molecule has 0 saturated carbocycles. The van der Waals surface area contributed by atoms with Crippen LogP contribution in [-0.2, 0) is 33.3 Å². The van der Waals surface area contributed by atoms with E-state index in [2.05, 4.69) is 20.7 Å². The maximum absolute atomic E-state index is 11.9. The summed E-state index contributed by atoms with van der Waals surface area (Å²) in [6.07, 6.45) is 1.75. The molecule has 230 valence electrons. The topological polar surface area (TPSA) is 210 Å². The molecule has 0 radical (unpaired) electrons. The van der Waals surface area contributed by atoms with Gasteiger partial charge in [0.25, 0.3) is 11.4 Å². The minimum atomic E-state index is -0.685. The van der Waals surface area contributed by atoms with E-state index in [0.717, 1.165) is 6.07 Å². The number of anilines is 1. The van der Waals surface area contributed by atoms with Crippen molar-refractivity contribution in [1.82, 2.24) is 10.6 Å². The zero-order valence-corrected chi connectivity index (χ0v) is 23.4. The number of nitrogens with zero attached hydrogens (tertiary/aromatic N) is 2. The summed E-state index contributed by atoms with van der Waals surface area (Å²) in [4.78, 5) is 55.3. The monoisotopic (exact) mass is 585 g/mol. The SMILES string of the molecule is COC(=O)CNC(=O)[C@@H](C)CCC(=O)NCCCOCCOCCOCCCNc1ccc([N+](=O)[O-])cc1[N+](=O)[O-]. The van der Waals surface area contributed by atoms with Crippen LogP contribution >= 0.6 is 0 Å². The molecule has 1 rings (SSSR count). The average molecular weight is 586 g/mol. The molecule has 2 amide bonds. The van der Waals surface area contributed by atoms with Crippen molar-refractivity contribution < 1.29 is 43.2 Å². The van der Waals surface area contributed by atoms with Gasteiger partial charge < -0.3 is 34.9 Å². The molecule has 16 nitrogen and oxygen atoms in total. The number of carbonyl (C=O) groups is 3. The molecular formula is C25H39N5O11. The van der Waals surface area contributed by atoms with Gasteiger partial charge in [0.15, 0.2) is 0 Å². The molecule has 1 atom stereocenters. The summed E-state index contributed by atoms with van der Waals surface area (Å²) in [5.41, 5.74) is -0.498. The molecule has 0 spiro atoms. The lowest BCUT2D eigenvalue weighted by Crippen LogP contribution is -2.34. The number of benzene rings is 1. The van der Waals surface area contributed by atoms with Crippen LogP contribution in [-0.4, -0.2) is 94.0 Å².